The van der Waals surface area contributed by atoms with E-state index < -0.39 is 28.2 Å². The lowest BCUT2D eigenvalue weighted by Crippen LogP contribution is -2.13. The summed E-state index contributed by atoms with van der Waals surface area (Å²) in [6.45, 7) is 0. The van der Waals surface area contributed by atoms with Crippen LogP contribution in [-0.2, 0) is 6.18 Å². The van der Waals surface area contributed by atoms with E-state index in [1.165, 1.54) is 0 Å². The van der Waals surface area contributed by atoms with Gasteiger partial charge in [-0.1, -0.05) is 0 Å². The molecule has 0 atom stereocenters. The Morgan fingerprint density at radius 2 is 2.07 bits per heavy atom. The number of alkyl halides is 3. The number of hydrogen-bond donors (Lipinski definition) is 1. The monoisotopic (exact) mass is 207 g/mol. The minimum Gasteiger partial charge on any atom is -0.398 e. The summed E-state index contributed by atoms with van der Waals surface area (Å²) in [7, 11) is 0. The Labute approximate surface area is 75.5 Å². The molecule has 0 saturated heterocycles. The quantitative estimate of drug-likeness (QED) is 0.559. The van der Waals surface area contributed by atoms with Crippen LogP contribution in [0.4, 0.5) is 24.7 Å². The van der Waals surface area contributed by atoms with Gasteiger partial charge in [-0.25, -0.2) is 0 Å². The van der Waals surface area contributed by atoms with E-state index in [-0.39, 0.29) is 0 Å². The van der Waals surface area contributed by atoms with Gasteiger partial charge in [-0.05, 0) is 9.91 Å². The summed E-state index contributed by atoms with van der Waals surface area (Å²) >= 11 is 0. The maximum Gasteiger partial charge on any atom is 0.426 e. The van der Waals surface area contributed by atoms with Gasteiger partial charge >= 0.3 is 12.0 Å². The molecule has 0 aliphatic heterocycles. The van der Waals surface area contributed by atoms with Gasteiger partial charge in [0.25, 0.3) is 0 Å². The summed E-state index contributed by atoms with van der Waals surface area (Å²) < 4.78 is 36.7. The van der Waals surface area contributed by atoms with Crippen molar-refractivity contribution < 1.29 is 18.1 Å². The fourth-order valence-corrected chi connectivity index (χ4v) is 0.894. The molecule has 2 N–H and O–H groups in total. The van der Waals surface area contributed by atoms with Crippen molar-refractivity contribution in [3.8, 4) is 0 Å². The molecule has 0 saturated carbocycles. The van der Waals surface area contributed by atoms with Crippen LogP contribution >= 0.6 is 0 Å². The highest BCUT2D eigenvalue weighted by molar-refractivity contribution is 5.55. The third-order valence-electron chi connectivity index (χ3n) is 1.42. The molecule has 76 valence electrons. The van der Waals surface area contributed by atoms with Crippen molar-refractivity contribution in [2.75, 3.05) is 5.73 Å². The van der Waals surface area contributed by atoms with Crippen molar-refractivity contribution >= 4 is 11.5 Å². The number of nitrogens with zero attached hydrogens (tertiary/aromatic N) is 2. The highest BCUT2D eigenvalue weighted by atomic mass is 19.4. The number of nitrogens with two attached hydrogens (primary N) is 1. The van der Waals surface area contributed by atoms with Crippen LogP contribution < -0.4 is 5.73 Å². The first kappa shape index (κ1) is 10.2. The lowest BCUT2D eigenvalue weighted by atomic mass is 10.2. The highest BCUT2D eigenvalue weighted by Gasteiger charge is 2.41. The van der Waals surface area contributed by atoms with Gasteiger partial charge in [0.05, 0.1) is 5.69 Å². The van der Waals surface area contributed by atoms with Crippen molar-refractivity contribution in [2.45, 2.75) is 6.18 Å². The zero-order chi connectivity index (χ0) is 10.9. The minimum atomic E-state index is -4.87. The van der Waals surface area contributed by atoms with Crippen LogP contribution in [0.5, 0.6) is 0 Å². The number of anilines is 1. The molecule has 0 radical (unpaired) electrons. The van der Waals surface area contributed by atoms with Gasteiger partial charge in [-0.2, -0.15) is 13.2 Å². The molecule has 1 rings (SSSR count). The Balaban J connectivity index is 3.45. The van der Waals surface area contributed by atoms with Crippen molar-refractivity contribution in [3.05, 3.63) is 27.9 Å². The number of nitrogen functional groups attached to an aromatic ring is 1. The SMILES string of the molecule is Nc1ccnc([N+](=O)[O-])c1C(F)(F)F. The molecule has 0 aliphatic rings. The van der Waals surface area contributed by atoms with Crippen molar-refractivity contribution in [1.29, 1.82) is 0 Å². The normalized spacial score (nSPS) is 11.4. The zero-order valence-electron chi connectivity index (χ0n) is 6.58. The van der Waals surface area contributed by atoms with Crippen LogP contribution in [0, 0.1) is 10.1 Å². The first-order chi connectivity index (χ1) is 6.34. The van der Waals surface area contributed by atoms with E-state index in [1.807, 2.05) is 0 Å². The van der Waals surface area contributed by atoms with Crippen LogP contribution in [0.2, 0.25) is 0 Å². The molecule has 0 unspecified atom stereocenters. The first-order valence-corrected chi connectivity index (χ1v) is 3.30. The summed E-state index contributed by atoms with van der Waals surface area (Å²) in [5, 5.41) is 10.2. The second-order valence-corrected chi connectivity index (χ2v) is 2.35. The third-order valence-corrected chi connectivity index (χ3v) is 1.42. The molecule has 8 heteroatoms. The van der Waals surface area contributed by atoms with Crippen molar-refractivity contribution in [1.82, 2.24) is 4.98 Å². The molecular formula is C6H4F3N3O2. The molecule has 0 bridgehead atoms. The Bertz CT molecular complexity index is 377. The minimum absolute atomic E-state index is 0.709. The fraction of sp³-hybridized carbons (Fsp3) is 0.167. The van der Waals surface area contributed by atoms with Gasteiger partial charge in [-0.3, -0.25) is 0 Å². The van der Waals surface area contributed by atoms with E-state index >= 15 is 0 Å². The van der Waals surface area contributed by atoms with Crippen LogP contribution in [0.15, 0.2) is 12.3 Å². The van der Waals surface area contributed by atoms with E-state index in [9.17, 15) is 23.3 Å². The van der Waals surface area contributed by atoms with Crippen molar-refractivity contribution in [3.63, 3.8) is 0 Å². The van der Waals surface area contributed by atoms with Crippen LogP contribution in [0.25, 0.3) is 0 Å². The third kappa shape index (κ3) is 1.73. The summed E-state index contributed by atoms with van der Waals surface area (Å²) in [5.41, 5.74) is 2.76. The lowest BCUT2D eigenvalue weighted by Gasteiger charge is -2.08. The standard InChI is InChI=1S/C6H4F3N3O2/c7-6(8,9)4-3(10)1-2-11-5(4)12(13)14/h1-2H,(H2,10,11). The molecule has 0 fully saturated rings. The second kappa shape index (κ2) is 3.13. The lowest BCUT2D eigenvalue weighted by molar-refractivity contribution is -0.392. The molecule has 1 heterocycles. The van der Waals surface area contributed by atoms with Gasteiger partial charge in [-0.15, -0.1) is 0 Å². The summed E-state index contributed by atoms with van der Waals surface area (Å²) in [5.74, 6) is -1.28. The van der Waals surface area contributed by atoms with Gasteiger partial charge in [0.1, 0.15) is 6.20 Å². The molecule has 0 amide bonds. The largest absolute Gasteiger partial charge is 0.426 e. The van der Waals surface area contributed by atoms with Gasteiger partial charge in [0.15, 0.2) is 5.56 Å². The van der Waals surface area contributed by atoms with E-state index in [4.69, 9.17) is 5.73 Å². The molecule has 14 heavy (non-hydrogen) atoms. The van der Waals surface area contributed by atoms with Crippen LogP contribution in [0.3, 0.4) is 0 Å². The molecule has 5 nitrogen and oxygen atoms in total. The number of nitro groups is 1. The maximum absolute atomic E-state index is 12.2. The molecule has 0 aliphatic carbocycles. The van der Waals surface area contributed by atoms with Gasteiger partial charge in [0, 0.05) is 6.07 Å². The average molecular weight is 207 g/mol. The summed E-state index contributed by atoms with van der Waals surface area (Å²) in [6, 6.07) is 0.857. The second-order valence-electron chi connectivity index (χ2n) is 2.35. The summed E-state index contributed by atoms with van der Waals surface area (Å²) in [4.78, 5) is 12.0. The molecule has 0 aromatic carbocycles. The Kier molecular flexibility index (Phi) is 2.28. The van der Waals surface area contributed by atoms with Gasteiger partial charge < -0.3 is 15.8 Å². The summed E-state index contributed by atoms with van der Waals surface area (Å²) in [6.07, 6.45) is -4.02. The van der Waals surface area contributed by atoms with E-state index in [2.05, 4.69) is 4.98 Å². The van der Waals surface area contributed by atoms with Crippen LogP contribution in [0.1, 0.15) is 5.56 Å². The zero-order valence-corrected chi connectivity index (χ0v) is 6.58. The number of hydrogen-bond acceptors (Lipinski definition) is 4. The topological polar surface area (TPSA) is 82.0 Å². The van der Waals surface area contributed by atoms with Gasteiger partial charge in [0.2, 0.25) is 0 Å². The van der Waals surface area contributed by atoms with E-state index in [0.717, 1.165) is 12.3 Å². The van der Waals surface area contributed by atoms with Crippen LogP contribution in [-0.4, -0.2) is 9.91 Å². The maximum atomic E-state index is 12.2. The Morgan fingerprint density at radius 3 is 2.43 bits per heavy atom. The molecule has 1 aromatic heterocycles. The van der Waals surface area contributed by atoms with E-state index in [0.29, 0.717) is 0 Å². The molecule has 0 spiro atoms. The number of aromatic nitrogens is 1. The number of pyridine rings is 1. The smallest absolute Gasteiger partial charge is 0.398 e. The molecular weight excluding hydrogens is 203 g/mol. The Hall–Kier alpha value is -1.86. The van der Waals surface area contributed by atoms with Crippen molar-refractivity contribution in [2.24, 2.45) is 0 Å². The fourth-order valence-electron chi connectivity index (χ4n) is 0.894. The first-order valence-electron chi connectivity index (χ1n) is 3.30. The average Bonchev–Trinajstić information content (AvgIpc) is 2.01. The number of halogens is 3. The molecule has 1 aromatic rings. The predicted molar refractivity (Wildman–Crippen MR) is 40.3 cm³/mol. The highest BCUT2D eigenvalue weighted by Crippen LogP contribution is 2.38. The predicted octanol–water partition coefficient (Wildman–Crippen LogP) is 1.59. The number of rotatable bonds is 1. The van der Waals surface area contributed by atoms with E-state index in [1.54, 1.807) is 0 Å². The Morgan fingerprint density at radius 1 is 1.50 bits per heavy atom.